The lowest BCUT2D eigenvalue weighted by atomic mass is 10.2. The van der Waals surface area contributed by atoms with Gasteiger partial charge in [0.2, 0.25) is 0 Å². The highest BCUT2D eigenvalue weighted by atomic mass is 16.4. The Morgan fingerprint density at radius 1 is 1.78 bits per heavy atom. The van der Waals surface area contributed by atoms with E-state index in [0.29, 0.717) is 6.42 Å². The summed E-state index contributed by atoms with van der Waals surface area (Å²) in [5, 5.41) is 18.7. The van der Waals surface area contributed by atoms with Gasteiger partial charge in [0.1, 0.15) is 0 Å². The number of rotatable bonds is 3. The minimum absolute atomic E-state index is 0.136. The number of hydrogen-bond donors (Lipinski definition) is 3. The van der Waals surface area contributed by atoms with E-state index < -0.39 is 6.09 Å². The largest absolute Gasteiger partial charge is 0.465 e. The maximum Gasteiger partial charge on any atom is 0.404 e. The number of hydrogen-bond acceptors (Lipinski definition) is 2. The van der Waals surface area contributed by atoms with E-state index in [2.05, 4.69) is 5.32 Å². The summed E-state index contributed by atoms with van der Waals surface area (Å²) in [5.74, 6) is 0. The van der Waals surface area contributed by atoms with E-state index in [1.165, 1.54) is 0 Å². The average Bonchev–Trinajstić information content (AvgIpc) is 1.82. The molecule has 0 aromatic rings. The average molecular weight is 133 g/mol. The summed E-state index contributed by atoms with van der Waals surface area (Å²) in [7, 11) is 0. The van der Waals surface area contributed by atoms with Crippen molar-refractivity contribution < 1.29 is 15.0 Å². The first kappa shape index (κ1) is 8.23. The minimum atomic E-state index is -1.09. The molecule has 0 fully saturated rings. The SMILES string of the molecule is CC[C@@H](CO)NC(=O)O. The van der Waals surface area contributed by atoms with E-state index in [1.807, 2.05) is 0 Å². The van der Waals surface area contributed by atoms with Crippen molar-refractivity contribution in [2.24, 2.45) is 0 Å². The first-order valence-electron chi connectivity index (χ1n) is 2.81. The van der Waals surface area contributed by atoms with E-state index in [-0.39, 0.29) is 12.6 Å². The molecular formula is C5H11NO3. The van der Waals surface area contributed by atoms with Gasteiger partial charge in [-0.3, -0.25) is 0 Å². The van der Waals surface area contributed by atoms with Gasteiger partial charge in [-0.2, -0.15) is 0 Å². The van der Waals surface area contributed by atoms with Crippen LogP contribution in [-0.4, -0.2) is 29.0 Å². The van der Waals surface area contributed by atoms with E-state index in [4.69, 9.17) is 10.2 Å². The van der Waals surface area contributed by atoms with Gasteiger partial charge in [0, 0.05) is 0 Å². The molecule has 0 rings (SSSR count). The van der Waals surface area contributed by atoms with Gasteiger partial charge in [0.25, 0.3) is 0 Å². The predicted octanol–water partition coefficient (Wildman–Crippen LogP) is 0.0249. The summed E-state index contributed by atoms with van der Waals surface area (Å²) in [6, 6.07) is -0.317. The van der Waals surface area contributed by atoms with Gasteiger partial charge < -0.3 is 15.5 Å². The van der Waals surface area contributed by atoms with E-state index in [0.717, 1.165) is 0 Å². The van der Waals surface area contributed by atoms with Gasteiger partial charge in [-0.15, -0.1) is 0 Å². The summed E-state index contributed by atoms with van der Waals surface area (Å²) < 4.78 is 0. The number of amides is 1. The second kappa shape index (κ2) is 4.14. The Labute approximate surface area is 53.5 Å². The van der Waals surface area contributed by atoms with Crippen LogP contribution in [0.3, 0.4) is 0 Å². The first-order valence-corrected chi connectivity index (χ1v) is 2.81. The molecule has 0 spiro atoms. The van der Waals surface area contributed by atoms with Crippen molar-refractivity contribution in [3.8, 4) is 0 Å². The van der Waals surface area contributed by atoms with Crippen LogP contribution in [0.25, 0.3) is 0 Å². The molecule has 9 heavy (non-hydrogen) atoms. The lowest BCUT2D eigenvalue weighted by Gasteiger charge is -2.09. The summed E-state index contributed by atoms with van der Waals surface area (Å²) in [6.07, 6.45) is -0.473. The van der Waals surface area contributed by atoms with Gasteiger partial charge in [0.15, 0.2) is 0 Å². The number of aliphatic hydroxyl groups excluding tert-OH is 1. The van der Waals surface area contributed by atoms with Crippen molar-refractivity contribution in [3.63, 3.8) is 0 Å². The molecule has 0 aliphatic heterocycles. The van der Waals surface area contributed by atoms with Crippen LogP contribution in [0.1, 0.15) is 13.3 Å². The zero-order valence-corrected chi connectivity index (χ0v) is 5.29. The van der Waals surface area contributed by atoms with E-state index in [1.54, 1.807) is 6.92 Å². The van der Waals surface area contributed by atoms with Crippen molar-refractivity contribution in [1.29, 1.82) is 0 Å². The monoisotopic (exact) mass is 133 g/mol. The molecule has 0 bridgehead atoms. The lowest BCUT2D eigenvalue weighted by Crippen LogP contribution is -2.35. The van der Waals surface area contributed by atoms with Crippen LogP contribution in [0.4, 0.5) is 4.79 Å². The molecule has 3 N–H and O–H groups in total. The Morgan fingerprint density at radius 2 is 2.33 bits per heavy atom. The fourth-order valence-corrected chi connectivity index (χ4v) is 0.451. The van der Waals surface area contributed by atoms with Crippen LogP contribution in [0.15, 0.2) is 0 Å². The van der Waals surface area contributed by atoms with Crippen LogP contribution in [0, 0.1) is 0 Å². The summed E-state index contributed by atoms with van der Waals surface area (Å²) in [4.78, 5) is 9.91. The highest BCUT2D eigenvalue weighted by Gasteiger charge is 2.05. The fourth-order valence-electron chi connectivity index (χ4n) is 0.451. The van der Waals surface area contributed by atoms with Crippen molar-refractivity contribution in [2.75, 3.05) is 6.61 Å². The molecule has 54 valence electrons. The standard InChI is InChI=1S/C5H11NO3/c1-2-4(3-7)6-5(8)9/h4,6-7H,2-3H2,1H3,(H,8,9)/t4-/m0/s1. The topological polar surface area (TPSA) is 69.6 Å². The third-order valence-electron chi connectivity index (χ3n) is 1.04. The highest BCUT2D eigenvalue weighted by molar-refractivity contribution is 5.64. The molecule has 0 saturated heterocycles. The second-order valence-electron chi connectivity index (χ2n) is 1.74. The predicted molar refractivity (Wildman–Crippen MR) is 32.3 cm³/mol. The third kappa shape index (κ3) is 3.78. The molecule has 1 atom stereocenters. The Balaban J connectivity index is 3.43. The van der Waals surface area contributed by atoms with Crippen LogP contribution in [-0.2, 0) is 0 Å². The molecule has 0 heterocycles. The van der Waals surface area contributed by atoms with Crippen LogP contribution in [0.2, 0.25) is 0 Å². The van der Waals surface area contributed by atoms with Crippen molar-refractivity contribution >= 4 is 6.09 Å². The minimum Gasteiger partial charge on any atom is -0.465 e. The van der Waals surface area contributed by atoms with E-state index >= 15 is 0 Å². The highest BCUT2D eigenvalue weighted by Crippen LogP contribution is 1.86. The zero-order chi connectivity index (χ0) is 7.28. The molecule has 0 radical (unpaired) electrons. The first-order chi connectivity index (χ1) is 4.20. The molecule has 0 unspecified atom stereocenters. The Kier molecular flexibility index (Phi) is 3.79. The van der Waals surface area contributed by atoms with Gasteiger partial charge in [-0.1, -0.05) is 6.92 Å². The Morgan fingerprint density at radius 3 is 2.44 bits per heavy atom. The normalized spacial score (nSPS) is 12.7. The number of nitrogens with one attached hydrogen (secondary N) is 1. The molecule has 0 aliphatic rings. The Bertz CT molecular complexity index is 90.2. The summed E-state index contributed by atoms with van der Waals surface area (Å²) in [5.41, 5.74) is 0. The molecule has 4 nitrogen and oxygen atoms in total. The van der Waals surface area contributed by atoms with E-state index in [9.17, 15) is 4.79 Å². The number of aliphatic hydroxyl groups is 1. The maximum atomic E-state index is 9.91. The Hall–Kier alpha value is -0.770. The summed E-state index contributed by atoms with van der Waals surface area (Å²) >= 11 is 0. The van der Waals surface area contributed by atoms with Crippen molar-refractivity contribution in [1.82, 2.24) is 5.32 Å². The van der Waals surface area contributed by atoms with Gasteiger partial charge in [0.05, 0.1) is 12.6 Å². The summed E-state index contributed by atoms with van der Waals surface area (Å²) in [6.45, 7) is 1.67. The van der Waals surface area contributed by atoms with Crippen molar-refractivity contribution in [3.05, 3.63) is 0 Å². The molecule has 4 heteroatoms. The number of carbonyl (C=O) groups is 1. The lowest BCUT2D eigenvalue weighted by molar-refractivity contribution is 0.176. The third-order valence-corrected chi connectivity index (χ3v) is 1.04. The van der Waals surface area contributed by atoms with Gasteiger partial charge in [-0.25, -0.2) is 4.79 Å². The molecule has 0 aromatic carbocycles. The van der Waals surface area contributed by atoms with Crippen molar-refractivity contribution in [2.45, 2.75) is 19.4 Å². The smallest absolute Gasteiger partial charge is 0.404 e. The fraction of sp³-hybridized carbons (Fsp3) is 0.800. The van der Waals surface area contributed by atoms with Gasteiger partial charge in [-0.05, 0) is 6.42 Å². The quantitative estimate of drug-likeness (QED) is 0.508. The molecule has 0 saturated carbocycles. The van der Waals surface area contributed by atoms with Crippen LogP contribution < -0.4 is 5.32 Å². The molecule has 0 aromatic heterocycles. The maximum absolute atomic E-state index is 9.91. The second-order valence-corrected chi connectivity index (χ2v) is 1.74. The molecule has 0 aliphatic carbocycles. The molecule has 1 amide bonds. The molecular weight excluding hydrogens is 122 g/mol. The number of carboxylic acid groups (broad SMARTS) is 1. The van der Waals surface area contributed by atoms with Crippen LogP contribution >= 0.6 is 0 Å². The zero-order valence-electron chi connectivity index (χ0n) is 5.29. The van der Waals surface area contributed by atoms with Crippen LogP contribution in [0.5, 0.6) is 0 Å². The van der Waals surface area contributed by atoms with Gasteiger partial charge >= 0.3 is 6.09 Å².